The summed E-state index contributed by atoms with van der Waals surface area (Å²) in [5.74, 6) is -0.536. The number of rotatable bonds is 1. The van der Waals surface area contributed by atoms with Gasteiger partial charge in [0.15, 0.2) is 5.82 Å². The van der Waals surface area contributed by atoms with Gasteiger partial charge in [0.1, 0.15) is 0 Å². The van der Waals surface area contributed by atoms with E-state index in [1.54, 1.807) is 10.6 Å². The number of halogens is 3. The molecule has 6 nitrogen and oxygen atoms in total. The maximum absolute atomic E-state index is 12.9. The molecule has 2 aromatic rings. The summed E-state index contributed by atoms with van der Waals surface area (Å²) in [4.78, 5) is 16.0. The molecule has 2 aromatic heterocycles. The van der Waals surface area contributed by atoms with Gasteiger partial charge in [-0.2, -0.15) is 18.3 Å². The zero-order chi connectivity index (χ0) is 17.1. The van der Waals surface area contributed by atoms with E-state index >= 15 is 0 Å². The van der Waals surface area contributed by atoms with Gasteiger partial charge in [-0.05, 0) is 24.9 Å². The third-order valence-corrected chi connectivity index (χ3v) is 4.74. The van der Waals surface area contributed by atoms with Crippen molar-refractivity contribution in [3.05, 3.63) is 34.0 Å². The summed E-state index contributed by atoms with van der Waals surface area (Å²) in [6.07, 6.45) is -3.59. The van der Waals surface area contributed by atoms with E-state index < -0.39 is 12.0 Å². The molecule has 1 fully saturated rings. The summed E-state index contributed by atoms with van der Waals surface area (Å²) in [5, 5.41) is 7.18. The lowest BCUT2D eigenvalue weighted by molar-refractivity contribution is -0.147. The van der Waals surface area contributed by atoms with Gasteiger partial charge in [-0.25, -0.2) is 9.67 Å². The summed E-state index contributed by atoms with van der Waals surface area (Å²) < 4.78 is 41.1. The van der Waals surface area contributed by atoms with Gasteiger partial charge in [0.2, 0.25) is 5.82 Å². The smallest absolute Gasteiger partial charge is 0.316 e. The molecule has 0 amide bonds. The zero-order valence-corrected chi connectivity index (χ0v) is 13.0. The van der Waals surface area contributed by atoms with Crippen molar-refractivity contribution in [2.45, 2.75) is 25.1 Å². The van der Waals surface area contributed by atoms with Crippen molar-refractivity contribution < 1.29 is 13.2 Å². The number of hydrogen-bond donors (Lipinski definition) is 1. The van der Waals surface area contributed by atoms with Crippen LogP contribution in [0.1, 0.15) is 23.9 Å². The Labute approximate surface area is 135 Å². The second-order valence-electron chi connectivity index (χ2n) is 6.46. The highest BCUT2D eigenvalue weighted by molar-refractivity contribution is 5.55. The Morgan fingerprint density at radius 3 is 2.79 bits per heavy atom. The molecular weight excluding hydrogens is 323 g/mol. The van der Waals surface area contributed by atoms with Crippen LogP contribution < -0.4 is 10.9 Å². The number of piperidine rings is 1. The van der Waals surface area contributed by atoms with Gasteiger partial charge in [0.05, 0.1) is 0 Å². The number of aryl methyl sites for hydroxylation is 1. The monoisotopic (exact) mass is 339 g/mol. The SMILES string of the molecule is Cn1nc(-c2cc3n(c(=O)c2)C[C@@H]2CNC[C@H]3C2)nc1C(F)(F)F. The molecule has 2 aliphatic heterocycles. The highest BCUT2D eigenvalue weighted by atomic mass is 19.4. The number of nitrogens with one attached hydrogen (secondary N) is 1. The Balaban J connectivity index is 1.81. The van der Waals surface area contributed by atoms with Crippen molar-refractivity contribution in [3.8, 4) is 11.4 Å². The molecule has 2 bridgehead atoms. The summed E-state index contributed by atoms with van der Waals surface area (Å²) in [7, 11) is 1.19. The van der Waals surface area contributed by atoms with Crippen molar-refractivity contribution in [3.63, 3.8) is 0 Å². The van der Waals surface area contributed by atoms with E-state index in [1.807, 2.05) is 0 Å². The maximum atomic E-state index is 12.9. The maximum Gasteiger partial charge on any atom is 0.451 e. The van der Waals surface area contributed by atoms with Crippen LogP contribution in [0.15, 0.2) is 16.9 Å². The van der Waals surface area contributed by atoms with Gasteiger partial charge in [-0.15, -0.1) is 0 Å². The number of alkyl halides is 3. The van der Waals surface area contributed by atoms with Crippen LogP contribution in [-0.2, 0) is 19.8 Å². The van der Waals surface area contributed by atoms with Crippen LogP contribution in [0.25, 0.3) is 11.4 Å². The molecule has 0 spiro atoms. The second-order valence-corrected chi connectivity index (χ2v) is 6.46. The van der Waals surface area contributed by atoms with E-state index in [0.717, 1.165) is 25.2 Å². The van der Waals surface area contributed by atoms with E-state index in [9.17, 15) is 18.0 Å². The Kier molecular flexibility index (Phi) is 3.31. The van der Waals surface area contributed by atoms with Crippen LogP contribution in [0.3, 0.4) is 0 Å². The van der Waals surface area contributed by atoms with Crippen LogP contribution in [0.4, 0.5) is 13.2 Å². The van der Waals surface area contributed by atoms with E-state index in [1.165, 1.54) is 13.1 Å². The van der Waals surface area contributed by atoms with Crippen molar-refractivity contribution in [2.75, 3.05) is 13.1 Å². The lowest BCUT2D eigenvalue weighted by Crippen LogP contribution is -2.44. The zero-order valence-electron chi connectivity index (χ0n) is 13.0. The van der Waals surface area contributed by atoms with Crippen LogP contribution in [0, 0.1) is 5.92 Å². The Hall–Kier alpha value is -2.16. The predicted molar refractivity (Wildman–Crippen MR) is 79.4 cm³/mol. The molecular formula is C15H16F3N5O. The molecule has 9 heteroatoms. The van der Waals surface area contributed by atoms with Gasteiger partial charge < -0.3 is 9.88 Å². The highest BCUT2D eigenvalue weighted by Gasteiger charge is 2.37. The Morgan fingerprint density at radius 1 is 1.29 bits per heavy atom. The number of nitrogens with zero attached hydrogens (tertiary/aromatic N) is 4. The molecule has 4 rings (SSSR count). The average molecular weight is 339 g/mol. The van der Waals surface area contributed by atoms with Gasteiger partial charge in [-0.1, -0.05) is 0 Å². The molecule has 0 radical (unpaired) electrons. The van der Waals surface area contributed by atoms with Crippen LogP contribution in [0.2, 0.25) is 0 Å². The fourth-order valence-corrected chi connectivity index (χ4v) is 3.69. The van der Waals surface area contributed by atoms with E-state index in [-0.39, 0.29) is 17.3 Å². The first-order valence-corrected chi connectivity index (χ1v) is 7.77. The molecule has 0 saturated carbocycles. The van der Waals surface area contributed by atoms with Crippen molar-refractivity contribution in [2.24, 2.45) is 13.0 Å². The summed E-state index contributed by atoms with van der Waals surface area (Å²) in [6.45, 7) is 2.30. The van der Waals surface area contributed by atoms with Crippen molar-refractivity contribution in [1.29, 1.82) is 0 Å². The van der Waals surface area contributed by atoms with Crippen LogP contribution in [-0.4, -0.2) is 32.4 Å². The largest absolute Gasteiger partial charge is 0.451 e. The first-order valence-electron chi connectivity index (χ1n) is 7.77. The molecule has 128 valence electrons. The van der Waals surface area contributed by atoms with Gasteiger partial charge in [0, 0.05) is 43.4 Å². The third-order valence-electron chi connectivity index (χ3n) is 4.74. The summed E-state index contributed by atoms with van der Waals surface area (Å²) in [5.41, 5.74) is 0.975. The van der Waals surface area contributed by atoms with Crippen molar-refractivity contribution in [1.82, 2.24) is 24.6 Å². The predicted octanol–water partition coefficient (Wildman–Crippen LogP) is 1.37. The highest BCUT2D eigenvalue weighted by Crippen LogP contribution is 2.34. The quantitative estimate of drug-likeness (QED) is 0.852. The minimum Gasteiger partial charge on any atom is -0.316 e. The lowest BCUT2D eigenvalue weighted by Gasteiger charge is -2.37. The molecule has 0 aromatic carbocycles. The van der Waals surface area contributed by atoms with Crippen LogP contribution in [0.5, 0.6) is 0 Å². The number of pyridine rings is 1. The topological polar surface area (TPSA) is 64.7 Å². The van der Waals surface area contributed by atoms with E-state index in [2.05, 4.69) is 15.4 Å². The average Bonchev–Trinajstić information content (AvgIpc) is 2.91. The molecule has 2 aliphatic rings. The van der Waals surface area contributed by atoms with Gasteiger partial charge in [-0.3, -0.25) is 4.79 Å². The minimum absolute atomic E-state index is 0.0729. The molecule has 1 N–H and O–H groups in total. The standard InChI is InChI=1S/C15H16F3N5O/c1-22-14(15(16,17)18)20-13(21-22)9-3-11-10-2-8(5-19-6-10)7-23(11)12(24)4-9/h3-4,8,10,19H,2,5-7H2,1H3/t8-,10+/m0/s1. The third kappa shape index (κ3) is 2.43. The molecule has 4 heterocycles. The normalized spacial score (nSPS) is 23.2. The number of hydrogen-bond acceptors (Lipinski definition) is 4. The fourth-order valence-electron chi connectivity index (χ4n) is 3.69. The number of aromatic nitrogens is 4. The van der Waals surface area contributed by atoms with Gasteiger partial charge >= 0.3 is 6.18 Å². The number of fused-ring (bicyclic) bond motifs is 4. The summed E-state index contributed by atoms with van der Waals surface area (Å²) in [6, 6.07) is 3.08. The van der Waals surface area contributed by atoms with E-state index in [4.69, 9.17) is 0 Å². The Morgan fingerprint density at radius 2 is 2.08 bits per heavy atom. The van der Waals surface area contributed by atoms with Crippen molar-refractivity contribution >= 4 is 0 Å². The van der Waals surface area contributed by atoms with Gasteiger partial charge in [0.25, 0.3) is 5.56 Å². The molecule has 0 aliphatic carbocycles. The first kappa shape index (κ1) is 15.4. The fraction of sp³-hybridized carbons (Fsp3) is 0.533. The molecule has 2 atom stereocenters. The summed E-state index contributed by atoms with van der Waals surface area (Å²) >= 11 is 0. The second kappa shape index (κ2) is 5.17. The Bertz CT molecular complexity index is 854. The van der Waals surface area contributed by atoms with Crippen LogP contribution >= 0.6 is 0 Å². The molecule has 24 heavy (non-hydrogen) atoms. The first-order chi connectivity index (χ1) is 11.3. The van der Waals surface area contributed by atoms with E-state index in [0.29, 0.717) is 22.7 Å². The lowest BCUT2D eigenvalue weighted by atomic mass is 9.84. The molecule has 0 unspecified atom stereocenters. The minimum atomic E-state index is -4.58. The molecule has 1 saturated heterocycles.